The lowest BCUT2D eigenvalue weighted by Gasteiger charge is -2.32. The molecule has 0 spiro atoms. The second-order valence-corrected chi connectivity index (χ2v) is 4.76. The molecule has 0 aliphatic carbocycles. The van der Waals surface area contributed by atoms with Crippen molar-refractivity contribution in [3.8, 4) is 0 Å². The van der Waals surface area contributed by atoms with Gasteiger partial charge < -0.3 is 10.6 Å². The van der Waals surface area contributed by atoms with Crippen LogP contribution in [0.5, 0.6) is 0 Å². The number of unbranched alkanes of at least 4 members (excludes halogenated alkanes) is 1. The Kier molecular flexibility index (Phi) is 6.13. The minimum absolute atomic E-state index is 0.158. The van der Waals surface area contributed by atoms with Crippen LogP contribution >= 0.6 is 0 Å². The number of halogens is 1. The topological polar surface area (TPSA) is 29.3 Å². The maximum Gasteiger partial charge on any atom is 0.146 e. The molecule has 0 radical (unpaired) electrons. The molecule has 1 unspecified atom stereocenters. The van der Waals surface area contributed by atoms with Crippen LogP contribution in [0.1, 0.15) is 45.6 Å². The maximum atomic E-state index is 14.1. The lowest BCUT2D eigenvalue weighted by molar-refractivity contribution is 0.561. The third kappa shape index (κ3) is 3.45. The van der Waals surface area contributed by atoms with E-state index in [0.717, 1.165) is 31.4 Å². The number of benzene rings is 1. The number of nitrogens with two attached hydrogens (primary N) is 1. The Morgan fingerprint density at radius 3 is 2.61 bits per heavy atom. The predicted molar refractivity (Wildman–Crippen MR) is 76.3 cm³/mol. The lowest BCUT2D eigenvalue weighted by Crippen LogP contribution is -2.35. The van der Waals surface area contributed by atoms with Crippen molar-refractivity contribution in [3.05, 3.63) is 29.6 Å². The zero-order valence-electron chi connectivity index (χ0n) is 11.7. The Labute approximate surface area is 110 Å². The molecule has 0 saturated carbocycles. The summed E-state index contributed by atoms with van der Waals surface area (Å²) in [6.45, 7) is 7.69. The Morgan fingerprint density at radius 2 is 2.06 bits per heavy atom. The van der Waals surface area contributed by atoms with Gasteiger partial charge in [-0.15, -0.1) is 0 Å². The first-order valence-corrected chi connectivity index (χ1v) is 6.89. The third-order valence-corrected chi connectivity index (χ3v) is 3.45. The molecule has 3 heteroatoms. The van der Waals surface area contributed by atoms with Crippen LogP contribution in [0.2, 0.25) is 0 Å². The Bertz CT molecular complexity index is 366. The van der Waals surface area contributed by atoms with Crippen LogP contribution in [0.15, 0.2) is 18.2 Å². The molecule has 1 atom stereocenters. The average Bonchev–Trinajstić information content (AvgIpc) is 2.39. The van der Waals surface area contributed by atoms with E-state index in [0.29, 0.717) is 18.3 Å². The summed E-state index contributed by atoms with van der Waals surface area (Å²) in [6.07, 6.45) is 3.18. The molecule has 2 N–H and O–H groups in total. The molecule has 0 heterocycles. The highest BCUT2D eigenvalue weighted by molar-refractivity contribution is 5.55. The lowest BCUT2D eigenvalue weighted by atomic mass is 10.1. The molecule has 0 aromatic heterocycles. The van der Waals surface area contributed by atoms with Crippen molar-refractivity contribution in [1.29, 1.82) is 0 Å². The van der Waals surface area contributed by atoms with Crippen molar-refractivity contribution in [3.63, 3.8) is 0 Å². The number of anilines is 1. The summed E-state index contributed by atoms with van der Waals surface area (Å²) < 4.78 is 14.1. The minimum Gasteiger partial charge on any atom is -0.366 e. The summed E-state index contributed by atoms with van der Waals surface area (Å²) in [7, 11) is 0. The highest BCUT2D eigenvalue weighted by Crippen LogP contribution is 2.27. The van der Waals surface area contributed by atoms with E-state index in [2.05, 4.69) is 25.7 Å². The summed E-state index contributed by atoms with van der Waals surface area (Å²) in [5, 5.41) is 0. The maximum absolute atomic E-state index is 14.1. The van der Waals surface area contributed by atoms with Gasteiger partial charge in [0.2, 0.25) is 0 Å². The fourth-order valence-corrected chi connectivity index (χ4v) is 2.15. The number of hydrogen-bond donors (Lipinski definition) is 1. The van der Waals surface area contributed by atoms with Crippen LogP contribution in [0.25, 0.3) is 0 Å². The van der Waals surface area contributed by atoms with Crippen molar-refractivity contribution in [2.24, 2.45) is 5.73 Å². The first kappa shape index (κ1) is 15.0. The Balaban J connectivity index is 3.10. The van der Waals surface area contributed by atoms with Gasteiger partial charge in [0, 0.05) is 19.1 Å². The highest BCUT2D eigenvalue weighted by Gasteiger charge is 2.19. The van der Waals surface area contributed by atoms with Gasteiger partial charge >= 0.3 is 0 Å². The first-order valence-electron chi connectivity index (χ1n) is 6.89. The van der Waals surface area contributed by atoms with E-state index in [1.54, 1.807) is 6.07 Å². The third-order valence-electron chi connectivity index (χ3n) is 3.45. The van der Waals surface area contributed by atoms with Gasteiger partial charge in [0.25, 0.3) is 0 Å². The van der Waals surface area contributed by atoms with E-state index in [4.69, 9.17) is 5.73 Å². The molecule has 0 saturated heterocycles. The fraction of sp³-hybridized carbons (Fsp3) is 0.600. The molecule has 1 aromatic carbocycles. The number of rotatable bonds is 7. The van der Waals surface area contributed by atoms with Gasteiger partial charge in [-0.25, -0.2) is 4.39 Å². The van der Waals surface area contributed by atoms with Crippen molar-refractivity contribution < 1.29 is 4.39 Å². The van der Waals surface area contributed by atoms with E-state index in [1.807, 2.05) is 6.07 Å². The molecule has 0 amide bonds. The number of para-hydroxylation sites is 1. The van der Waals surface area contributed by atoms with Crippen LogP contribution in [0.3, 0.4) is 0 Å². The molecule has 0 fully saturated rings. The van der Waals surface area contributed by atoms with E-state index < -0.39 is 0 Å². The van der Waals surface area contributed by atoms with Crippen molar-refractivity contribution in [2.75, 3.05) is 11.4 Å². The Hall–Kier alpha value is -1.09. The van der Waals surface area contributed by atoms with Gasteiger partial charge in [-0.05, 0) is 31.4 Å². The molecule has 2 nitrogen and oxygen atoms in total. The van der Waals surface area contributed by atoms with Crippen LogP contribution in [-0.4, -0.2) is 12.6 Å². The number of nitrogens with zero attached hydrogens (tertiary/aromatic N) is 1. The minimum atomic E-state index is -0.158. The molecule has 0 aliphatic rings. The van der Waals surface area contributed by atoms with Gasteiger partial charge in [-0.3, -0.25) is 0 Å². The van der Waals surface area contributed by atoms with Crippen molar-refractivity contribution >= 4 is 5.69 Å². The molecular formula is C15H25FN2. The van der Waals surface area contributed by atoms with E-state index in [1.165, 1.54) is 6.07 Å². The van der Waals surface area contributed by atoms with Crippen LogP contribution < -0.4 is 10.6 Å². The van der Waals surface area contributed by atoms with E-state index in [-0.39, 0.29) is 5.82 Å². The first-order chi connectivity index (χ1) is 8.65. The van der Waals surface area contributed by atoms with Crippen molar-refractivity contribution in [2.45, 2.75) is 52.6 Å². The second kappa shape index (κ2) is 7.37. The highest BCUT2D eigenvalue weighted by atomic mass is 19.1. The van der Waals surface area contributed by atoms with Gasteiger partial charge in [-0.1, -0.05) is 32.4 Å². The normalized spacial score (nSPS) is 12.5. The molecule has 1 rings (SSSR count). The molecule has 1 aromatic rings. The molecule has 102 valence electrons. The van der Waals surface area contributed by atoms with E-state index >= 15 is 0 Å². The summed E-state index contributed by atoms with van der Waals surface area (Å²) in [5.41, 5.74) is 7.33. The van der Waals surface area contributed by atoms with Gasteiger partial charge in [0.05, 0.1) is 5.69 Å². The summed E-state index contributed by atoms with van der Waals surface area (Å²) >= 11 is 0. The van der Waals surface area contributed by atoms with Crippen molar-refractivity contribution in [1.82, 2.24) is 0 Å². The zero-order chi connectivity index (χ0) is 13.5. The van der Waals surface area contributed by atoms with Gasteiger partial charge in [0.1, 0.15) is 5.82 Å². The second-order valence-electron chi connectivity index (χ2n) is 4.76. The summed E-state index contributed by atoms with van der Waals surface area (Å²) in [4.78, 5) is 2.17. The standard InChI is InChI=1S/C15H25FN2/c1-4-6-10-18(12(3)5-2)15-13(11-17)8-7-9-14(15)16/h7-9,12H,4-6,10-11,17H2,1-3H3. The summed E-state index contributed by atoms with van der Waals surface area (Å²) in [6, 6.07) is 5.50. The zero-order valence-corrected chi connectivity index (χ0v) is 11.7. The predicted octanol–water partition coefficient (Wildman–Crippen LogP) is 3.69. The summed E-state index contributed by atoms with van der Waals surface area (Å²) in [5.74, 6) is -0.158. The quantitative estimate of drug-likeness (QED) is 0.802. The number of hydrogen-bond acceptors (Lipinski definition) is 2. The van der Waals surface area contributed by atoms with Crippen LogP contribution in [-0.2, 0) is 6.54 Å². The monoisotopic (exact) mass is 252 g/mol. The molecule has 18 heavy (non-hydrogen) atoms. The largest absolute Gasteiger partial charge is 0.366 e. The molecule has 0 bridgehead atoms. The smallest absolute Gasteiger partial charge is 0.146 e. The van der Waals surface area contributed by atoms with Crippen LogP contribution in [0.4, 0.5) is 10.1 Å². The van der Waals surface area contributed by atoms with Gasteiger partial charge in [0.15, 0.2) is 0 Å². The fourth-order valence-electron chi connectivity index (χ4n) is 2.15. The Morgan fingerprint density at radius 1 is 1.33 bits per heavy atom. The van der Waals surface area contributed by atoms with E-state index in [9.17, 15) is 4.39 Å². The van der Waals surface area contributed by atoms with Crippen LogP contribution in [0, 0.1) is 5.82 Å². The average molecular weight is 252 g/mol. The van der Waals surface area contributed by atoms with Gasteiger partial charge in [-0.2, -0.15) is 0 Å². The molecular weight excluding hydrogens is 227 g/mol. The molecule has 0 aliphatic heterocycles. The SMILES string of the molecule is CCCCN(c1c(F)cccc1CN)C(C)CC.